The van der Waals surface area contributed by atoms with Crippen molar-refractivity contribution in [2.75, 3.05) is 31.9 Å². The van der Waals surface area contributed by atoms with Crippen LogP contribution in [0.2, 0.25) is 0 Å². The summed E-state index contributed by atoms with van der Waals surface area (Å²) < 4.78 is 25.7. The van der Waals surface area contributed by atoms with E-state index in [0.29, 0.717) is 32.6 Å². The average Bonchev–Trinajstić information content (AvgIpc) is 2.37. The third-order valence-electron chi connectivity index (χ3n) is 3.61. The molecule has 7 heteroatoms. The normalized spacial score (nSPS) is 20.3. The highest BCUT2D eigenvalue weighted by Crippen LogP contribution is 2.13. The van der Waals surface area contributed by atoms with E-state index in [1.54, 1.807) is 4.31 Å². The fourth-order valence-electron chi connectivity index (χ4n) is 2.42. The third-order valence-corrected chi connectivity index (χ3v) is 5.57. The lowest BCUT2D eigenvalue weighted by Gasteiger charge is -2.37. The minimum Gasteiger partial charge on any atom is -0.386 e. The van der Waals surface area contributed by atoms with Gasteiger partial charge in [0, 0.05) is 26.2 Å². The fourth-order valence-corrected chi connectivity index (χ4v) is 4.06. The first-order valence-corrected chi connectivity index (χ1v) is 8.59. The Morgan fingerprint density at radius 1 is 1.26 bits per heavy atom. The molecule has 1 aliphatic heterocycles. The van der Waals surface area contributed by atoms with E-state index in [9.17, 15) is 8.42 Å². The van der Waals surface area contributed by atoms with E-state index in [1.165, 1.54) is 0 Å². The standard InChI is InChI=1S/C12H26N4O2S/c1-3-5-10-19(17,18)16-8-6-15(7-9-16)11(4-2)12(13)14/h11H,3-10H2,1-2H3,(H3,13,14). The molecule has 1 heterocycles. The summed E-state index contributed by atoms with van der Waals surface area (Å²) in [5, 5.41) is 7.56. The van der Waals surface area contributed by atoms with Gasteiger partial charge in [-0.15, -0.1) is 0 Å². The van der Waals surface area contributed by atoms with Crippen LogP contribution in [0.1, 0.15) is 33.1 Å². The van der Waals surface area contributed by atoms with E-state index in [1.807, 2.05) is 13.8 Å². The van der Waals surface area contributed by atoms with Crippen molar-refractivity contribution in [3.8, 4) is 0 Å². The van der Waals surface area contributed by atoms with Crippen molar-refractivity contribution in [1.29, 1.82) is 5.41 Å². The molecule has 1 fully saturated rings. The smallest absolute Gasteiger partial charge is 0.214 e. The summed E-state index contributed by atoms with van der Waals surface area (Å²) >= 11 is 0. The summed E-state index contributed by atoms with van der Waals surface area (Å²) in [6, 6.07) is -0.0551. The van der Waals surface area contributed by atoms with Gasteiger partial charge in [-0.2, -0.15) is 4.31 Å². The van der Waals surface area contributed by atoms with Gasteiger partial charge in [0.1, 0.15) is 5.84 Å². The van der Waals surface area contributed by atoms with Gasteiger partial charge in [-0.25, -0.2) is 8.42 Å². The number of nitrogens with one attached hydrogen (secondary N) is 1. The van der Waals surface area contributed by atoms with Crippen molar-refractivity contribution in [3.05, 3.63) is 0 Å². The quantitative estimate of drug-likeness (QED) is 0.526. The van der Waals surface area contributed by atoms with Gasteiger partial charge < -0.3 is 5.73 Å². The maximum Gasteiger partial charge on any atom is 0.214 e. The topological polar surface area (TPSA) is 90.5 Å². The second-order valence-electron chi connectivity index (χ2n) is 4.98. The Morgan fingerprint density at radius 3 is 2.26 bits per heavy atom. The zero-order valence-electron chi connectivity index (χ0n) is 11.9. The number of nitrogens with two attached hydrogens (primary N) is 1. The van der Waals surface area contributed by atoms with E-state index in [2.05, 4.69) is 4.90 Å². The molecule has 1 aliphatic rings. The predicted molar refractivity (Wildman–Crippen MR) is 77.8 cm³/mol. The van der Waals surface area contributed by atoms with Crippen LogP contribution >= 0.6 is 0 Å². The summed E-state index contributed by atoms with van der Waals surface area (Å²) in [5.74, 6) is 0.415. The number of rotatable bonds is 7. The molecule has 1 unspecified atom stereocenters. The Balaban J connectivity index is 2.55. The third kappa shape index (κ3) is 4.43. The highest BCUT2D eigenvalue weighted by Gasteiger charge is 2.29. The first-order chi connectivity index (χ1) is 8.92. The number of hydrogen-bond donors (Lipinski definition) is 2. The van der Waals surface area contributed by atoms with Crippen LogP contribution in [-0.4, -0.2) is 61.4 Å². The van der Waals surface area contributed by atoms with Gasteiger partial charge in [0.05, 0.1) is 11.8 Å². The summed E-state index contributed by atoms with van der Waals surface area (Å²) in [7, 11) is -3.10. The SMILES string of the molecule is CCCCS(=O)(=O)N1CCN(C(CC)C(=N)N)CC1. The maximum absolute atomic E-state index is 12.1. The van der Waals surface area contributed by atoms with E-state index in [4.69, 9.17) is 11.1 Å². The number of sulfonamides is 1. The van der Waals surface area contributed by atoms with Crippen LogP contribution in [-0.2, 0) is 10.0 Å². The number of unbranched alkanes of at least 4 members (excludes halogenated alkanes) is 1. The molecule has 0 bridgehead atoms. The molecule has 112 valence electrons. The van der Waals surface area contributed by atoms with Crippen molar-refractivity contribution >= 4 is 15.9 Å². The summed E-state index contributed by atoms with van der Waals surface area (Å²) in [6.07, 6.45) is 2.40. The van der Waals surface area contributed by atoms with Gasteiger partial charge in [0.25, 0.3) is 0 Å². The lowest BCUT2D eigenvalue weighted by Crippen LogP contribution is -2.55. The summed E-state index contributed by atoms with van der Waals surface area (Å²) in [4.78, 5) is 2.11. The minimum absolute atomic E-state index is 0.0551. The van der Waals surface area contributed by atoms with E-state index in [0.717, 1.165) is 12.8 Å². The van der Waals surface area contributed by atoms with Crippen molar-refractivity contribution < 1.29 is 8.42 Å². The van der Waals surface area contributed by atoms with Crippen LogP contribution in [0.4, 0.5) is 0 Å². The molecule has 1 atom stereocenters. The van der Waals surface area contributed by atoms with Crippen molar-refractivity contribution in [2.24, 2.45) is 5.73 Å². The van der Waals surface area contributed by atoms with E-state index >= 15 is 0 Å². The second-order valence-corrected chi connectivity index (χ2v) is 7.07. The van der Waals surface area contributed by atoms with Crippen LogP contribution in [0, 0.1) is 5.41 Å². The Morgan fingerprint density at radius 2 is 1.84 bits per heavy atom. The maximum atomic E-state index is 12.1. The Kier molecular flexibility index (Phi) is 6.22. The number of nitrogens with zero attached hydrogens (tertiary/aromatic N) is 2. The molecule has 0 aromatic carbocycles. The molecule has 3 N–H and O–H groups in total. The molecule has 1 saturated heterocycles. The zero-order chi connectivity index (χ0) is 14.5. The van der Waals surface area contributed by atoms with Crippen LogP contribution < -0.4 is 5.73 Å². The first kappa shape index (κ1) is 16.4. The Bertz CT molecular complexity index is 389. The zero-order valence-corrected chi connectivity index (χ0v) is 12.7. The predicted octanol–water partition coefficient (Wildman–Crippen LogP) is 0.448. The number of hydrogen-bond acceptors (Lipinski definition) is 4. The van der Waals surface area contributed by atoms with Gasteiger partial charge in [-0.1, -0.05) is 20.3 Å². The molecule has 1 rings (SSSR count). The number of piperazine rings is 1. The Labute approximate surface area is 116 Å². The highest BCUT2D eigenvalue weighted by molar-refractivity contribution is 7.89. The monoisotopic (exact) mass is 290 g/mol. The van der Waals surface area contributed by atoms with Crippen LogP contribution in [0.5, 0.6) is 0 Å². The number of amidine groups is 1. The Hall–Kier alpha value is -0.660. The molecular formula is C12H26N4O2S. The highest BCUT2D eigenvalue weighted by atomic mass is 32.2. The molecule has 0 aromatic rings. The molecule has 0 saturated carbocycles. The second kappa shape index (κ2) is 7.21. The largest absolute Gasteiger partial charge is 0.386 e. The lowest BCUT2D eigenvalue weighted by atomic mass is 10.1. The van der Waals surface area contributed by atoms with Crippen LogP contribution in [0.3, 0.4) is 0 Å². The van der Waals surface area contributed by atoms with Crippen molar-refractivity contribution in [3.63, 3.8) is 0 Å². The van der Waals surface area contributed by atoms with Crippen molar-refractivity contribution in [2.45, 2.75) is 39.2 Å². The van der Waals surface area contributed by atoms with Crippen molar-refractivity contribution in [1.82, 2.24) is 9.21 Å². The van der Waals surface area contributed by atoms with Gasteiger partial charge in [0.2, 0.25) is 10.0 Å². The van der Waals surface area contributed by atoms with Gasteiger partial charge >= 0.3 is 0 Å². The molecule has 0 spiro atoms. The molecule has 0 amide bonds. The van der Waals surface area contributed by atoms with Gasteiger partial charge in [-0.3, -0.25) is 10.3 Å². The summed E-state index contributed by atoms with van der Waals surface area (Å²) in [5.41, 5.74) is 5.57. The lowest BCUT2D eigenvalue weighted by molar-refractivity contribution is 0.163. The molecule has 19 heavy (non-hydrogen) atoms. The van der Waals surface area contributed by atoms with E-state index < -0.39 is 10.0 Å². The van der Waals surface area contributed by atoms with Gasteiger partial charge in [0.15, 0.2) is 0 Å². The molecular weight excluding hydrogens is 264 g/mol. The molecule has 0 radical (unpaired) electrons. The fraction of sp³-hybridized carbons (Fsp3) is 0.917. The van der Waals surface area contributed by atoms with E-state index in [-0.39, 0.29) is 17.6 Å². The summed E-state index contributed by atoms with van der Waals surface area (Å²) in [6.45, 7) is 6.32. The first-order valence-electron chi connectivity index (χ1n) is 6.98. The minimum atomic E-state index is -3.10. The molecule has 0 aliphatic carbocycles. The van der Waals surface area contributed by atoms with Crippen LogP contribution in [0.15, 0.2) is 0 Å². The molecule has 6 nitrogen and oxygen atoms in total. The van der Waals surface area contributed by atoms with Gasteiger partial charge in [-0.05, 0) is 12.8 Å². The molecule has 0 aromatic heterocycles. The van der Waals surface area contributed by atoms with Crippen LogP contribution in [0.25, 0.3) is 0 Å². The average molecular weight is 290 g/mol.